The van der Waals surface area contributed by atoms with E-state index >= 15 is 0 Å². The molecule has 1 heteroatoms. The van der Waals surface area contributed by atoms with Crippen LogP contribution in [0.15, 0.2) is 24.3 Å². The first-order valence-electron chi connectivity index (χ1n) is 5.29. The van der Waals surface area contributed by atoms with Crippen molar-refractivity contribution >= 4 is 17.2 Å². The van der Waals surface area contributed by atoms with Crippen LogP contribution in [-0.4, -0.2) is 0 Å². The van der Waals surface area contributed by atoms with Crippen LogP contribution < -0.4 is 0 Å². The van der Waals surface area contributed by atoms with Crippen LogP contribution in [0.2, 0.25) is 5.02 Å². The second-order valence-corrected chi connectivity index (χ2v) is 4.27. The predicted octanol–water partition coefficient (Wildman–Crippen LogP) is 4.47. The molecule has 1 aromatic carbocycles. The Kier molecular flexibility index (Phi) is 2.93. The Hall–Kier alpha value is -0.750. The van der Waals surface area contributed by atoms with E-state index in [4.69, 9.17) is 11.6 Å². The van der Waals surface area contributed by atoms with Gasteiger partial charge in [-0.2, -0.15) is 0 Å². The molecule has 0 nitrogen and oxygen atoms in total. The van der Waals surface area contributed by atoms with E-state index in [0.29, 0.717) is 0 Å². The van der Waals surface area contributed by atoms with E-state index in [1.54, 1.807) is 0 Å². The summed E-state index contributed by atoms with van der Waals surface area (Å²) in [5.74, 6) is 0. The Morgan fingerprint density at radius 2 is 2.21 bits per heavy atom. The summed E-state index contributed by atoms with van der Waals surface area (Å²) >= 11 is 6.00. The van der Waals surface area contributed by atoms with Crippen molar-refractivity contribution in [1.82, 2.24) is 0 Å². The van der Waals surface area contributed by atoms with Crippen molar-refractivity contribution in [3.63, 3.8) is 0 Å². The Balaban J connectivity index is 2.22. The second kappa shape index (κ2) is 4.18. The minimum Gasteiger partial charge on any atom is -0.0843 e. The van der Waals surface area contributed by atoms with Crippen LogP contribution in [0.5, 0.6) is 0 Å². The molecule has 0 radical (unpaired) electrons. The minimum absolute atomic E-state index is 0.855. The molecule has 0 unspecified atom stereocenters. The summed E-state index contributed by atoms with van der Waals surface area (Å²) in [7, 11) is 0. The molecule has 0 aromatic heterocycles. The summed E-state index contributed by atoms with van der Waals surface area (Å²) in [5, 5.41) is 0.855. The van der Waals surface area contributed by atoms with Gasteiger partial charge in [0.05, 0.1) is 0 Å². The highest BCUT2D eigenvalue weighted by molar-refractivity contribution is 6.30. The molecular formula is C13H15Cl. The average molecular weight is 207 g/mol. The van der Waals surface area contributed by atoms with Gasteiger partial charge in [0.25, 0.3) is 0 Å². The van der Waals surface area contributed by atoms with Gasteiger partial charge in [0.2, 0.25) is 0 Å². The molecule has 0 amide bonds. The molecule has 0 aliphatic heterocycles. The first-order valence-corrected chi connectivity index (χ1v) is 5.67. The van der Waals surface area contributed by atoms with Crippen LogP contribution in [0.1, 0.15) is 37.3 Å². The molecule has 0 bridgehead atoms. The standard InChI is InChI=1S/C13H15Cl/c1-2-3-4-10-5-6-11-7-8-12(14)9-13(10)11/h5,7-9H,2-4,6H2,1H3. The van der Waals surface area contributed by atoms with E-state index in [0.717, 1.165) is 11.4 Å². The maximum absolute atomic E-state index is 6.00. The smallest absolute Gasteiger partial charge is 0.0412 e. The fraction of sp³-hybridized carbons (Fsp3) is 0.385. The fourth-order valence-corrected chi connectivity index (χ4v) is 2.14. The van der Waals surface area contributed by atoms with E-state index in [1.165, 1.54) is 36.0 Å². The molecule has 1 aliphatic rings. The third kappa shape index (κ3) is 1.85. The van der Waals surface area contributed by atoms with Crippen molar-refractivity contribution in [1.29, 1.82) is 0 Å². The number of hydrogen-bond donors (Lipinski definition) is 0. The van der Waals surface area contributed by atoms with Gasteiger partial charge in [-0.25, -0.2) is 0 Å². The Morgan fingerprint density at radius 1 is 1.36 bits per heavy atom. The molecule has 2 rings (SSSR count). The molecule has 0 N–H and O–H groups in total. The zero-order chi connectivity index (χ0) is 9.97. The minimum atomic E-state index is 0.855. The van der Waals surface area contributed by atoms with Gasteiger partial charge in [0.15, 0.2) is 0 Å². The predicted molar refractivity (Wildman–Crippen MR) is 62.7 cm³/mol. The van der Waals surface area contributed by atoms with Crippen molar-refractivity contribution in [3.8, 4) is 0 Å². The number of unbranched alkanes of at least 4 members (excludes halogenated alkanes) is 1. The summed E-state index contributed by atoms with van der Waals surface area (Å²) in [5.41, 5.74) is 4.30. The number of hydrogen-bond acceptors (Lipinski definition) is 0. The third-order valence-electron chi connectivity index (χ3n) is 2.79. The van der Waals surface area contributed by atoms with Gasteiger partial charge in [-0.15, -0.1) is 0 Å². The van der Waals surface area contributed by atoms with Crippen LogP contribution in [-0.2, 0) is 6.42 Å². The van der Waals surface area contributed by atoms with Gasteiger partial charge < -0.3 is 0 Å². The molecule has 1 aliphatic carbocycles. The van der Waals surface area contributed by atoms with E-state index in [2.05, 4.69) is 25.1 Å². The SMILES string of the molecule is CCCCC1=CCc2ccc(Cl)cc21. The quantitative estimate of drug-likeness (QED) is 0.685. The van der Waals surface area contributed by atoms with Crippen LogP contribution in [0, 0.1) is 0 Å². The number of rotatable bonds is 3. The van der Waals surface area contributed by atoms with Crippen molar-refractivity contribution in [3.05, 3.63) is 40.4 Å². The lowest BCUT2D eigenvalue weighted by atomic mass is 10.0. The van der Waals surface area contributed by atoms with Gasteiger partial charge in [-0.05, 0) is 48.1 Å². The summed E-state index contributed by atoms with van der Waals surface area (Å²) in [6.45, 7) is 2.23. The first-order chi connectivity index (χ1) is 6.81. The van der Waals surface area contributed by atoms with Gasteiger partial charge >= 0.3 is 0 Å². The number of fused-ring (bicyclic) bond motifs is 1. The molecular weight excluding hydrogens is 192 g/mol. The van der Waals surface area contributed by atoms with Crippen molar-refractivity contribution in [2.24, 2.45) is 0 Å². The topological polar surface area (TPSA) is 0 Å². The summed E-state index contributed by atoms with van der Waals surface area (Å²) < 4.78 is 0. The van der Waals surface area contributed by atoms with Gasteiger partial charge in [-0.3, -0.25) is 0 Å². The summed E-state index contributed by atoms with van der Waals surface area (Å²) in [4.78, 5) is 0. The lowest BCUT2D eigenvalue weighted by Crippen LogP contribution is -1.85. The molecule has 0 saturated carbocycles. The highest BCUT2D eigenvalue weighted by Gasteiger charge is 2.13. The average Bonchev–Trinajstić information content (AvgIpc) is 2.57. The molecule has 0 fully saturated rings. The summed E-state index contributed by atoms with van der Waals surface area (Å²) in [6.07, 6.45) is 7.16. The van der Waals surface area contributed by atoms with Gasteiger partial charge in [0, 0.05) is 5.02 Å². The number of halogens is 1. The monoisotopic (exact) mass is 206 g/mol. The van der Waals surface area contributed by atoms with E-state index in [9.17, 15) is 0 Å². The molecule has 14 heavy (non-hydrogen) atoms. The molecule has 0 atom stereocenters. The van der Waals surface area contributed by atoms with Crippen LogP contribution in [0.25, 0.3) is 5.57 Å². The van der Waals surface area contributed by atoms with Crippen molar-refractivity contribution in [2.75, 3.05) is 0 Å². The lowest BCUT2D eigenvalue weighted by molar-refractivity contribution is 0.825. The van der Waals surface area contributed by atoms with Crippen LogP contribution in [0.4, 0.5) is 0 Å². The molecule has 0 heterocycles. The third-order valence-corrected chi connectivity index (χ3v) is 3.02. The Morgan fingerprint density at radius 3 is 3.00 bits per heavy atom. The zero-order valence-electron chi connectivity index (χ0n) is 8.52. The van der Waals surface area contributed by atoms with E-state index < -0.39 is 0 Å². The number of allylic oxidation sites excluding steroid dienone is 2. The van der Waals surface area contributed by atoms with E-state index in [-0.39, 0.29) is 0 Å². The normalized spacial score (nSPS) is 14.0. The van der Waals surface area contributed by atoms with Crippen LogP contribution in [0.3, 0.4) is 0 Å². The van der Waals surface area contributed by atoms with Gasteiger partial charge in [-0.1, -0.05) is 37.1 Å². The molecule has 1 aromatic rings. The Labute approximate surface area is 90.6 Å². The van der Waals surface area contributed by atoms with Crippen molar-refractivity contribution < 1.29 is 0 Å². The van der Waals surface area contributed by atoms with Gasteiger partial charge in [0.1, 0.15) is 0 Å². The molecule has 74 valence electrons. The van der Waals surface area contributed by atoms with Crippen molar-refractivity contribution in [2.45, 2.75) is 32.6 Å². The Bertz CT molecular complexity index is 363. The molecule has 0 spiro atoms. The zero-order valence-corrected chi connectivity index (χ0v) is 9.27. The summed E-state index contributed by atoms with van der Waals surface area (Å²) in [6, 6.07) is 6.23. The fourth-order valence-electron chi connectivity index (χ4n) is 1.97. The lowest BCUT2D eigenvalue weighted by Gasteiger charge is -2.05. The largest absolute Gasteiger partial charge is 0.0843 e. The van der Waals surface area contributed by atoms with Crippen LogP contribution >= 0.6 is 11.6 Å². The second-order valence-electron chi connectivity index (χ2n) is 3.84. The number of benzene rings is 1. The first kappa shape index (κ1) is 9.79. The maximum atomic E-state index is 6.00. The van der Waals surface area contributed by atoms with E-state index in [1.807, 2.05) is 6.07 Å². The molecule has 0 saturated heterocycles. The highest BCUT2D eigenvalue weighted by atomic mass is 35.5. The highest BCUT2D eigenvalue weighted by Crippen LogP contribution is 2.32. The maximum Gasteiger partial charge on any atom is 0.0412 e.